The van der Waals surface area contributed by atoms with Gasteiger partial charge in [0.1, 0.15) is 5.75 Å². The standard InChI is InChI=1S/C28H44NO3P/c1-5-6-9-25(21-27-12-11-23(2)24(3)20-27)10-7-18-32-28-15-13-26(14-16-28)22-29-17-8-19-33(4,30)31/h11-16,20,25,29H,5-10,17-19,21-22H2,1-4H3,(H,30,31). The summed E-state index contributed by atoms with van der Waals surface area (Å²) in [4.78, 5) is 9.32. The summed E-state index contributed by atoms with van der Waals surface area (Å²) in [6.07, 6.45) is 8.37. The van der Waals surface area contributed by atoms with Crippen LogP contribution in [0.4, 0.5) is 0 Å². The number of nitrogens with one attached hydrogen (secondary N) is 1. The van der Waals surface area contributed by atoms with E-state index in [1.54, 1.807) is 0 Å². The summed E-state index contributed by atoms with van der Waals surface area (Å²) in [5, 5.41) is 3.33. The summed E-state index contributed by atoms with van der Waals surface area (Å²) < 4.78 is 17.3. The Kier molecular flexibility index (Phi) is 12.2. The van der Waals surface area contributed by atoms with Gasteiger partial charge in [0, 0.05) is 19.4 Å². The number of hydrogen-bond donors (Lipinski definition) is 2. The second-order valence-electron chi connectivity index (χ2n) is 9.57. The normalized spacial score (nSPS) is 14.1. The molecule has 184 valence electrons. The van der Waals surface area contributed by atoms with Crippen molar-refractivity contribution in [1.29, 1.82) is 0 Å². The van der Waals surface area contributed by atoms with Crippen LogP contribution in [0.3, 0.4) is 0 Å². The molecule has 0 aliphatic heterocycles. The van der Waals surface area contributed by atoms with Crippen LogP contribution in [0.2, 0.25) is 0 Å². The van der Waals surface area contributed by atoms with E-state index in [0.717, 1.165) is 44.2 Å². The van der Waals surface area contributed by atoms with Gasteiger partial charge in [0.15, 0.2) is 7.37 Å². The lowest BCUT2D eigenvalue weighted by molar-refractivity contribution is 0.286. The molecular weight excluding hydrogens is 429 g/mol. The summed E-state index contributed by atoms with van der Waals surface area (Å²) in [6.45, 7) is 10.3. The van der Waals surface area contributed by atoms with Gasteiger partial charge in [0.25, 0.3) is 0 Å². The van der Waals surface area contributed by atoms with Crippen molar-refractivity contribution in [1.82, 2.24) is 5.32 Å². The highest BCUT2D eigenvalue weighted by atomic mass is 31.2. The maximum absolute atomic E-state index is 11.3. The average Bonchev–Trinajstić information content (AvgIpc) is 2.77. The SMILES string of the molecule is CCCCC(CCCOc1ccc(CNCCCP(C)(=O)O)cc1)Cc1ccc(C)c(C)c1. The first-order valence-corrected chi connectivity index (χ1v) is 14.8. The Morgan fingerprint density at radius 2 is 1.67 bits per heavy atom. The first kappa shape index (κ1) is 27.6. The van der Waals surface area contributed by atoms with Gasteiger partial charge < -0.3 is 14.9 Å². The minimum Gasteiger partial charge on any atom is -0.494 e. The first-order chi connectivity index (χ1) is 15.8. The first-order valence-electron chi connectivity index (χ1n) is 12.5. The fourth-order valence-corrected chi connectivity index (χ4v) is 4.85. The van der Waals surface area contributed by atoms with E-state index in [4.69, 9.17) is 4.74 Å². The van der Waals surface area contributed by atoms with Gasteiger partial charge in [0.2, 0.25) is 0 Å². The van der Waals surface area contributed by atoms with Crippen LogP contribution in [-0.2, 0) is 17.5 Å². The highest BCUT2D eigenvalue weighted by Gasteiger charge is 2.11. The lowest BCUT2D eigenvalue weighted by Crippen LogP contribution is -2.15. The van der Waals surface area contributed by atoms with Crippen LogP contribution in [0.1, 0.15) is 67.7 Å². The highest BCUT2D eigenvalue weighted by Crippen LogP contribution is 2.35. The van der Waals surface area contributed by atoms with Gasteiger partial charge in [-0.05, 0) is 86.4 Å². The predicted octanol–water partition coefficient (Wildman–Crippen LogP) is 6.89. The van der Waals surface area contributed by atoms with Gasteiger partial charge in [-0.15, -0.1) is 0 Å². The van der Waals surface area contributed by atoms with Gasteiger partial charge in [-0.2, -0.15) is 0 Å². The minimum absolute atomic E-state index is 0.372. The molecule has 0 aliphatic carbocycles. The molecule has 5 heteroatoms. The number of unbranched alkanes of at least 4 members (excludes halogenated alkanes) is 1. The molecule has 2 rings (SSSR count). The van der Waals surface area contributed by atoms with Crippen molar-refractivity contribution in [3.05, 3.63) is 64.7 Å². The number of aryl methyl sites for hydroxylation is 2. The maximum atomic E-state index is 11.3. The largest absolute Gasteiger partial charge is 0.494 e. The van der Waals surface area contributed by atoms with Crippen LogP contribution < -0.4 is 10.1 Å². The fraction of sp³-hybridized carbons (Fsp3) is 0.571. The summed E-state index contributed by atoms with van der Waals surface area (Å²) >= 11 is 0. The highest BCUT2D eigenvalue weighted by molar-refractivity contribution is 7.57. The van der Waals surface area contributed by atoms with Gasteiger partial charge in [0.05, 0.1) is 6.61 Å². The lowest BCUT2D eigenvalue weighted by Gasteiger charge is -2.18. The topological polar surface area (TPSA) is 58.6 Å². The van der Waals surface area contributed by atoms with E-state index >= 15 is 0 Å². The van der Waals surface area contributed by atoms with Gasteiger partial charge >= 0.3 is 0 Å². The Hall–Kier alpha value is -1.61. The molecule has 0 saturated heterocycles. The van der Waals surface area contributed by atoms with Crippen molar-refractivity contribution in [2.24, 2.45) is 5.92 Å². The van der Waals surface area contributed by atoms with E-state index in [1.165, 1.54) is 54.6 Å². The van der Waals surface area contributed by atoms with E-state index in [-0.39, 0.29) is 0 Å². The molecule has 33 heavy (non-hydrogen) atoms. The van der Waals surface area contributed by atoms with Crippen LogP contribution in [0.15, 0.2) is 42.5 Å². The third-order valence-corrected chi connectivity index (χ3v) is 7.41. The molecule has 0 aliphatic rings. The second kappa shape index (κ2) is 14.6. The molecule has 4 nitrogen and oxygen atoms in total. The Balaban J connectivity index is 1.70. The third-order valence-electron chi connectivity index (χ3n) is 6.27. The minimum atomic E-state index is -2.89. The maximum Gasteiger partial charge on any atom is 0.197 e. The summed E-state index contributed by atoms with van der Waals surface area (Å²) in [6, 6.07) is 15.1. The molecule has 0 fully saturated rings. The molecule has 2 N–H and O–H groups in total. The molecule has 2 aromatic rings. The van der Waals surface area contributed by atoms with E-state index in [1.807, 2.05) is 12.1 Å². The van der Waals surface area contributed by atoms with E-state index in [0.29, 0.717) is 12.6 Å². The zero-order valence-electron chi connectivity index (χ0n) is 21.1. The van der Waals surface area contributed by atoms with Crippen LogP contribution in [0.5, 0.6) is 5.75 Å². The van der Waals surface area contributed by atoms with Crippen molar-refractivity contribution < 1.29 is 14.2 Å². The van der Waals surface area contributed by atoms with Crippen LogP contribution in [0.25, 0.3) is 0 Å². The number of ether oxygens (including phenoxy) is 1. The van der Waals surface area contributed by atoms with Crippen molar-refractivity contribution in [2.45, 2.75) is 72.3 Å². The van der Waals surface area contributed by atoms with Crippen LogP contribution in [-0.4, -0.2) is 30.9 Å². The molecule has 0 amide bonds. The predicted molar refractivity (Wildman–Crippen MR) is 141 cm³/mol. The second-order valence-corrected chi connectivity index (χ2v) is 12.1. The number of benzene rings is 2. The molecule has 0 spiro atoms. The Morgan fingerprint density at radius 3 is 2.33 bits per heavy atom. The van der Waals surface area contributed by atoms with Crippen molar-refractivity contribution in [3.8, 4) is 5.75 Å². The van der Waals surface area contributed by atoms with Gasteiger partial charge in [-0.1, -0.05) is 56.5 Å². The molecule has 2 unspecified atom stereocenters. The number of hydrogen-bond acceptors (Lipinski definition) is 3. The molecule has 2 aromatic carbocycles. The lowest BCUT2D eigenvalue weighted by atomic mass is 9.89. The van der Waals surface area contributed by atoms with Gasteiger partial charge in [-0.25, -0.2) is 0 Å². The van der Waals surface area contributed by atoms with Gasteiger partial charge in [-0.3, -0.25) is 4.57 Å². The molecule has 0 aromatic heterocycles. The number of rotatable bonds is 16. The quantitative estimate of drug-likeness (QED) is 0.206. The van der Waals surface area contributed by atoms with Crippen molar-refractivity contribution in [3.63, 3.8) is 0 Å². The monoisotopic (exact) mass is 473 g/mol. The van der Waals surface area contributed by atoms with Crippen molar-refractivity contribution >= 4 is 7.37 Å². The van der Waals surface area contributed by atoms with Crippen LogP contribution >= 0.6 is 7.37 Å². The molecule has 0 radical (unpaired) electrons. The van der Waals surface area contributed by atoms with E-state index in [9.17, 15) is 9.46 Å². The smallest absolute Gasteiger partial charge is 0.197 e. The fourth-order valence-electron chi connectivity index (χ4n) is 4.10. The Labute approximate surface area is 201 Å². The third kappa shape index (κ3) is 11.9. The molecular formula is C28H44NO3P. The Morgan fingerprint density at radius 1 is 0.970 bits per heavy atom. The van der Waals surface area contributed by atoms with Crippen molar-refractivity contribution in [2.75, 3.05) is 26.0 Å². The molecule has 2 atom stereocenters. The zero-order valence-corrected chi connectivity index (χ0v) is 22.0. The average molecular weight is 474 g/mol. The van der Waals surface area contributed by atoms with Crippen LogP contribution in [0, 0.1) is 19.8 Å². The summed E-state index contributed by atoms with van der Waals surface area (Å²) in [5.74, 6) is 1.64. The summed E-state index contributed by atoms with van der Waals surface area (Å²) in [7, 11) is -2.89. The zero-order chi connectivity index (χ0) is 24.1. The van der Waals surface area contributed by atoms with E-state index < -0.39 is 7.37 Å². The van der Waals surface area contributed by atoms with E-state index in [2.05, 4.69) is 56.4 Å². The summed E-state index contributed by atoms with van der Waals surface area (Å²) in [5.41, 5.74) is 5.41. The molecule has 0 bridgehead atoms. The molecule has 0 heterocycles. The Bertz CT molecular complexity index is 860. The molecule has 0 saturated carbocycles.